The molecule has 4 heterocycles. The van der Waals surface area contributed by atoms with Gasteiger partial charge in [-0.3, -0.25) is 14.3 Å². The van der Waals surface area contributed by atoms with Crippen molar-refractivity contribution in [3.63, 3.8) is 0 Å². The van der Waals surface area contributed by atoms with Crippen LogP contribution in [0.15, 0.2) is 67.3 Å². The summed E-state index contributed by atoms with van der Waals surface area (Å²) in [6.45, 7) is 2.97. The van der Waals surface area contributed by atoms with E-state index in [1.807, 2.05) is 59.3 Å². The summed E-state index contributed by atoms with van der Waals surface area (Å²) in [6, 6.07) is 13.8. The van der Waals surface area contributed by atoms with Crippen LogP contribution in [-0.4, -0.2) is 37.5 Å². The molecule has 1 atom stereocenters. The van der Waals surface area contributed by atoms with Gasteiger partial charge in [-0.2, -0.15) is 5.10 Å². The van der Waals surface area contributed by atoms with E-state index in [4.69, 9.17) is 0 Å². The minimum Gasteiger partial charge on any atom is -0.323 e. The minimum atomic E-state index is -0.393. The third-order valence-corrected chi connectivity index (χ3v) is 5.79. The normalized spacial score (nSPS) is 16.1. The number of fused-ring (bicyclic) bond motifs is 1. The molecule has 1 aromatic carbocycles. The quantitative estimate of drug-likeness (QED) is 0.511. The number of nitrogens with one attached hydrogen (secondary N) is 1. The molecule has 0 radical (unpaired) electrons. The lowest BCUT2D eigenvalue weighted by molar-refractivity contribution is -0.122. The number of imidazole rings is 1. The van der Waals surface area contributed by atoms with E-state index in [-0.39, 0.29) is 18.2 Å². The smallest absolute Gasteiger partial charge is 0.229 e. The first-order valence-electron chi connectivity index (χ1n) is 10.7. The second-order valence-electron chi connectivity index (χ2n) is 8.04. The summed E-state index contributed by atoms with van der Waals surface area (Å²) >= 11 is 0. The van der Waals surface area contributed by atoms with Gasteiger partial charge < -0.3 is 14.6 Å². The standard InChI is InChI=1S/C24H24N6O2/c1-2-17-6-8-21(9-7-17)30-13-18(11-23(30)31)24(32)27-19-12-25-29(15-19)16-20-14-28-10-4-3-5-22(28)26-20/h3-10,12,14-15,18H,2,11,13,16H2,1H3,(H,27,32). The number of amides is 2. The number of carbonyl (C=O) groups is 2. The second kappa shape index (κ2) is 8.30. The molecule has 1 saturated heterocycles. The predicted octanol–water partition coefficient (Wildman–Crippen LogP) is 3.13. The van der Waals surface area contributed by atoms with Gasteiger partial charge in [-0.05, 0) is 36.2 Å². The first-order chi connectivity index (χ1) is 15.6. The fraction of sp³-hybridized carbons (Fsp3) is 0.250. The van der Waals surface area contributed by atoms with Gasteiger partial charge in [0.1, 0.15) is 5.65 Å². The second-order valence-corrected chi connectivity index (χ2v) is 8.04. The number of aryl methyl sites for hydroxylation is 1. The first-order valence-corrected chi connectivity index (χ1v) is 10.7. The number of aromatic nitrogens is 4. The zero-order valence-corrected chi connectivity index (χ0v) is 17.8. The molecule has 1 unspecified atom stereocenters. The minimum absolute atomic E-state index is 0.0306. The number of carbonyl (C=O) groups excluding carboxylic acids is 2. The third kappa shape index (κ3) is 3.99. The lowest BCUT2D eigenvalue weighted by Crippen LogP contribution is -2.28. The average Bonchev–Trinajstić information content (AvgIpc) is 3.52. The fourth-order valence-corrected chi connectivity index (χ4v) is 4.03. The van der Waals surface area contributed by atoms with Crippen molar-refractivity contribution in [1.29, 1.82) is 0 Å². The number of hydrogen-bond donors (Lipinski definition) is 1. The molecule has 1 aliphatic rings. The van der Waals surface area contributed by atoms with Gasteiger partial charge in [0.05, 0.1) is 30.0 Å². The summed E-state index contributed by atoms with van der Waals surface area (Å²) in [5.41, 5.74) is 4.42. The summed E-state index contributed by atoms with van der Waals surface area (Å²) in [4.78, 5) is 31.5. The van der Waals surface area contributed by atoms with Gasteiger partial charge in [0.2, 0.25) is 11.8 Å². The van der Waals surface area contributed by atoms with Crippen molar-refractivity contribution in [3.05, 3.63) is 78.5 Å². The Hall–Kier alpha value is -3.94. The van der Waals surface area contributed by atoms with Gasteiger partial charge in [0.25, 0.3) is 0 Å². The van der Waals surface area contributed by atoms with Crippen LogP contribution in [-0.2, 0) is 22.6 Å². The first kappa shape index (κ1) is 20.0. The summed E-state index contributed by atoms with van der Waals surface area (Å²) in [5, 5.41) is 7.23. The lowest BCUT2D eigenvalue weighted by Gasteiger charge is -2.17. The largest absolute Gasteiger partial charge is 0.323 e. The Balaban J connectivity index is 1.21. The van der Waals surface area contributed by atoms with Gasteiger partial charge in [-0.25, -0.2) is 4.98 Å². The molecular formula is C24H24N6O2. The molecule has 8 nitrogen and oxygen atoms in total. The van der Waals surface area contributed by atoms with Crippen molar-refractivity contribution in [3.8, 4) is 0 Å². The monoisotopic (exact) mass is 428 g/mol. The van der Waals surface area contributed by atoms with Crippen molar-refractivity contribution >= 4 is 28.8 Å². The van der Waals surface area contributed by atoms with Crippen LogP contribution in [0.25, 0.3) is 5.65 Å². The Morgan fingerprint density at radius 2 is 2.00 bits per heavy atom. The van der Waals surface area contributed by atoms with Crippen LogP contribution < -0.4 is 10.2 Å². The van der Waals surface area contributed by atoms with E-state index in [1.54, 1.807) is 22.0 Å². The predicted molar refractivity (Wildman–Crippen MR) is 121 cm³/mol. The van der Waals surface area contributed by atoms with Crippen molar-refractivity contribution < 1.29 is 9.59 Å². The molecule has 8 heteroatoms. The van der Waals surface area contributed by atoms with Gasteiger partial charge in [0.15, 0.2) is 0 Å². The van der Waals surface area contributed by atoms with Crippen molar-refractivity contribution in [1.82, 2.24) is 19.2 Å². The van der Waals surface area contributed by atoms with Crippen LogP contribution in [0.4, 0.5) is 11.4 Å². The number of benzene rings is 1. The molecule has 32 heavy (non-hydrogen) atoms. The van der Waals surface area contributed by atoms with E-state index in [0.29, 0.717) is 18.8 Å². The zero-order valence-electron chi connectivity index (χ0n) is 17.8. The summed E-state index contributed by atoms with van der Waals surface area (Å²) in [7, 11) is 0. The van der Waals surface area contributed by atoms with Crippen molar-refractivity contribution in [2.75, 3.05) is 16.8 Å². The molecule has 0 aliphatic carbocycles. The van der Waals surface area contributed by atoms with Crippen LogP contribution in [0.3, 0.4) is 0 Å². The summed E-state index contributed by atoms with van der Waals surface area (Å²) in [6.07, 6.45) is 8.46. The number of pyridine rings is 1. The number of hydrogen-bond acceptors (Lipinski definition) is 4. The summed E-state index contributed by atoms with van der Waals surface area (Å²) < 4.78 is 3.69. The molecule has 4 aromatic rings. The molecule has 0 bridgehead atoms. The molecule has 0 spiro atoms. The van der Waals surface area contributed by atoms with E-state index in [0.717, 1.165) is 23.4 Å². The fourth-order valence-electron chi connectivity index (χ4n) is 4.03. The molecule has 1 aliphatic heterocycles. The maximum atomic E-state index is 12.8. The lowest BCUT2D eigenvalue weighted by atomic mass is 10.1. The Morgan fingerprint density at radius 1 is 1.16 bits per heavy atom. The molecular weight excluding hydrogens is 404 g/mol. The van der Waals surface area contributed by atoms with Crippen LogP contribution in [0.2, 0.25) is 0 Å². The van der Waals surface area contributed by atoms with E-state index in [2.05, 4.69) is 22.3 Å². The highest BCUT2D eigenvalue weighted by molar-refractivity contribution is 6.03. The molecule has 1 N–H and O–H groups in total. The highest BCUT2D eigenvalue weighted by Gasteiger charge is 2.35. The van der Waals surface area contributed by atoms with Crippen LogP contribution in [0.5, 0.6) is 0 Å². The SMILES string of the molecule is CCc1ccc(N2CC(C(=O)Nc3cnn(Cc4cn5ccccc5n4)c3)CC2=O)cc1. The molecule has 162 valence electrons. The van der Waals surface area contributed by atoms with Crippen LogP contribution in [0.1, 0.15) is 24.6 Å². The molecule has 1 fully saturated rings. The maximum absolute atomic E-state index is 12.8. The molecule has 3 aromatic heterocycles. The molecule has 0 saturated carbocycles. The van der Waals surface area contributed by atoms with Crippen LogP contribution in [0, 0.1) is 5.92 Å². The topological polar surface area (TPSA) is 84.5 Å². The summed E-state index contributed by atoms with van der Waals surface area (Å²) in [5.74, 6) is -0.592. The van der Waals surface area contributed by atoms with Gasteiger partial charge in [-0.15, -0.1) is 0 Å². The van der Waals surface area contributed by atoms with E-state index < -0.39 is 5.92 Å². The molecule has 2 amide bonds. The van der Waals surface area contributed by atoms with Gasteiger partial charge in [-0.1, -0.05) is 25.1 Å². The van der Waals surface area contributed by atoms with E-state index >= 15 is 0 Å². The highest BCUT2D eigenvalue weighted by Crippen LogP contribution is 2.26. The van der Waals surface area contributed by atoms with E-state index in [1.165, 1.54) is 5.56 Å². The van der Waals surface area contributed by atoms with Crippen molar-refractivity contribution in [2.24, 2.45) is 5.92 Å². The highest BCUT2D eigenvalue weighted by atomic mass is 16.2. The van der Waals surface area contributed by atoms with Crippen LogP contribution >= 0.6 is 0 Å². The van der Waals surface area contributed by atoms with Gasteiger partial charge in [0, 0.05) is 37.2 Å². The van der Waals surface area contributed by atoms with Gasteiger partial charge >= 0.3 is 0 Å². The number of nitrogens with zero attached hydrogens (tertiary/aromatic N) is 5. The number of rotatable bonds is 6. The zero-order chi connectivity index (χ0) is 22.1. The Kier molecular flexibility index (Phi) is 5.18. The Bertz CT molecular complexity index is 1240. The maximum Gasteiger partial charge on any atom is 0.229 e. The number of anilines is 2. The van der Waals surface area contributed by atoms with E-state index in [9.17, 15) is 9.59 Å². The van der Waals surface area contributed by atoms with Crippen molar-refractivity contribution in [2.45, 2.75) is 26.3 Å². The molecule has 5 rings (SSSR count). The third-order valence-electron chi connectivity index (χ3n) is 5.79. The Morgan fingerprint density at radius 3 is 2.78 bits per heavy atom. The Labute approximate surface area is 185 Å². The average molecular weight is 428 g/mol.